The average Bonchev–Trinajstić information content (AvgIpc) is 3.16. The summed E-state index contributed by atoms with van der Waals surface area (Å²) in [6.45, 7) is 10.9. The third-order valence-corrected chi connectivity index (χ3v) is 11.9. The molecule has 1 N–H and O–H groups in total. The van der Waals surface area contributed by atoms with Crippen molar-refractivity contribution in [1.29, 1.82) is 0 Å². The van der Waals surface area contributed by atoms with Gasteiger partial charge in [-0.25, -0.2) is 0 Å². The van der Waals surface area contributed by atoms with E-state index in [-0.39, 0.29) is 11.9 Å². The molecular weight excluding hydrogens is 372 g/mol. The second-order valence-corrected chi connectivity index (χ2v) is 13.1. The highest BCUT2D eigenvalue weighted by molar-refractivity contribution is 5.15. The first-order chi connectivity index (χ1) is 14.3. The van der Waals surface area contributed by atoms with E-state index in [9.17, 15) is 5.11 Å². The summed E-state index contributed by atoms with van der Waals surface area (Å²) in [6.07, 6.45) is 12.9. The number of aliphatic hydroxyl groups excluding tert-OH is 1. The lowest BCUT2D eigenvalue weighted by Crippen LogP contribution is -2.55. The van der Waals surface area contributed by atoms with E-state index in [1.54, 1.807) is 0 Å². The number of ether oxygens (including phenoxy) is 2. The molecule has 4 aliphatic carbocycles. The van der Waals surface area contributed by atoms with E-state index in [1.807, 2.05) is 0 Å². The summed E-state index contributed by atoms with van der Waals surface area (Å²) < 4.78 is 13.4. The molecule has 1 spiro atoms. The van der Waals surface area contributed by atoms with Crippen LogP contribution in [0.5, 0.6) is 0 Å². The number of hydrogen-bond donors (Lipinski definition) is 1. The summed E-state index contributed by atoms with van der Waals surface area (Å²) in [5.41, 5.74) is 0.899. The van der Waals surface area contributed by atoms with Crippen LogP contribution in [-0.4, -0.2) is 29.7 Å². The first-order valence-electron chi connectivity index (χ1n) is 13.3. The molecule has 2 saturated heterocycles. The Labute approximate surface area is 183 Å². The van der Waals surface area contributed by atoms with Crippen molar-refractivity contribution in [2.75, 3.05) is 6.61 Å². The highest BCUT2D eigenvalue weighted by atomic mass is 16.7. The Hall–Kier alpha value is -0.120. The van der Waals surface area contributed by atoms with Gasteiger partial charge in [-0.05, 0) is 104 Å². The second-order valence-electron chi connectivity index (χ2n) is 13.1. The summed E-state index contributed by atoms with van der Waals surface area (Å²) in [4.78, 5) is 0. The summed E-state index contributed by atoms with van der Waals surface area (Å²) in [6, 6.07) is 0. The quantitative estimate of drug-likeness (QED) is 0.543. The van der Waals surface area contributed by atoms with Crippen LogP contribution in [0.15, 0.2) is 0 Å². The number of fused-ring (bicyclic) bond motifs is 7. The van der Waals surface area contributed by atoms with Crippen LogP contribution in [0.2, 0.25) is 0 Å². The van der Waals surface area contributed by atoms with E-state index in [0.717, 1.165) is 49.5 Å². The molecule has 0 bridgehead atoms. The molecule has 2 heterocycles. The SMILES string of the molecule is C[C@H]1CC[C@@]2(OC1)O[C@@H]1C[C@H]3[C@@H]4CC[C@H]5C[C@@H](O)CC[C@]5(C)[C@H]4CC[C@]3(C)[C@H]1[C@@H]2C. The Morgan fingerprint density at radius 3 is 2.40 bits per heavy atom. The van der Waals surface area contributed by atoms with Gasteiger partial charge in [0.15, 0.2) is 5.79 Å². The molecule has 0 aromatic heterocycles. The van der Waals surface area contributed by atoms with E-state index in [2.05, 4.69) is 27.7 Å². The van der Waals surface area contributed by atoms with Gasteiger partial charge >= 0.3 is 0 Å². The number of rotatable bonds is 0. The van der Waals surface area contributed by atoms with Crippen molar-refractivity contribution in [2.24, 2.45) is 52.3 Å². The Morgan fingerprint density at radius 2 is 1.63 bits per heavy atom. The zero-order chi connectivity index (χ0) is 20.9. The van der Waals surface area contributed by atoms with E-state index in [4.69, 9.17) is 9.47 Å². The minimum Gasteiger partial charge on any atom is -0.393 e. The second kappa shape index (κ2) is 6.70. The molecule has 0 amide bonds. The van der Waals surface area contributed by atoms with Crippen molar-refractivity contribution in [3.8, 4) is 0 Å². The lowest BCUT2D eigenvalue weighted by Gasteiger charge is -2.61. The Kier molecular flexibility index (Phi) is 4.58. The minimum atomic E-state index is -0.282. The summed E-state index contributed by atoms with van der Waals surface area (Å²) in [7, 11) is 0. The van der Waals surface area contributed by atoms with Crippen LogP contribution in [0.4, 0.5) is 0 Å². The van der Waals surface area contributed by atoms with E-state index < -0.39 is 0 Å². The fraction of sp³-hybridized carbons (Fsp3) is 1.00. The van der Waals surface area contributed by atoms with E-state index in [0.29, 0.717) is 34.7 Å². The molecule has 170 valence electrons. The summed E-state index contributed by atoms with van der Waals surface area (Å²) >= 11 is 0. The topological polar surface area (TPSA) is 38.7 Å². The van der Waals surface area contributed by atoms with Gasteiger partial charge in [-0.2, -0.15) is 0 Å². The highest BCUT2D eigenvalue weighted by Gasteiger charge is 2.69. The van der Waals surface area contributed by atoms with E-state index >= 15 is 0 Å². The molecule has 0 aromatic rings. The van der Waals surface area contributed by atoms with Gasteiger partial charge in [0.25, 0.3) is 0 Å². The van der Waals surface area contributed by atoms with Gasteiger partial charge in [-0.1, -0.05) is 27.7 Å². The fourth-order valence-electron chi connectivity index (χ4n) is 10.3. The molecule has 3 heteroatoms. The Balaban J connectivity index is 1.26. The molecule has 30 heavy (non-hydrogen) atoms. The molecule has 6 rings (SSSR count). The van der Waals surface area contributed by atoms with Gasteiger partial charge in [0.05, 0.1) is 18.8 Å². The van der Waals surface area contributed by atoms with Crippen LogP contribution in [-0.2, 0) is 9.47 Å². The lowest BCUT2D eigenvalue weighted by atomic mass is 9.44. The van der Waals surface area contributed by atoms with Crippen LogP contribution in [0.25, 0.3) is 0 Å². The van der Waals surface area contributed by atoms with Gasteiger partial charge in [0, 0.05) is 12.3 Å². The molecule has 6 fully saturated rings. The minimum absolute atomic E-state index is 0.0389. The van der Waals surface area contributed by atoms with Gasteiger partial charge in [-0.3, -0.25) is 0 Å². The zero-order valence-corrected chi connectivity index (χ0v) is 19.7. The first-order valence-corrected chi connectivity index (χ1v) is 13.3. The number of aliphatic hydroxyl groups is 1. The Morgan fingerprint density at radius 1 is 0.833 bits per heavy atom. The Bertz CT molecular complexity index is 684. The van der Waals surface area contributed by atoms with Crippen LogP contribution in [0, 0.1) is 52.3 Å². The molecule has 0 unspecified atom stereocenters. The van der Waals surface area contributed by atoms with Crippen LogP contribution < -0.4 is 0 Å². The number of hydrogen-bond acceptors (Lipinski definition) is 3. The summed E-state index contributed by atoms with van der Waals surface area (Å²) in [5, 5.41) is 10.3. The highest BCUT2D eigenvalue weighted by Crippen LogP contribution is 2.71. The molecule has 3 nitrogen and oxygen atoms in total. The normalized spacial score (nSPS) is 62.5. The maximum atomic E-state index is 10.3. The standard InChI is InChI=1S/C27H44O3/c1-16-7-12-27(29-15-16)17(2)24-23(30-27)14-22-20-6-5-18-13-19(28)8-10-25(18,3)21(20)9-11-26(22,24)4/h16-24,28H,5-15H2,1-4H3/t16-,17-,18-,19-,20+,21-,22-,23+,24-,25-,26-,27+/m0/s1. The third kappa shape index (κ3) is 2.61. The van der Waals surface area contributed by atoms with Crippen molar-refractivity contribution < 1.29 is 14.6 Å². The van der Waals surface area contributed by atoms with Crippen molar-refractivity contribution in [3.63, 3.8) is 0 Å². The smallest absolute Gasteiger partial charge is 0.171 e. The first kappa shape index (κ1) is 20.5. The molecule has 4 saturated carbocycles. The molecule has 0 aromatic carbocycles. The van der Waals surface area contributed by atoms with Crippen LogP contribution in [0.1, 0.15) is 91.9 Å². The third-order valence-electron chi connectivity index (χ3n) is 11.9. The van der Waals surface area contributed by atoms with Crippen molar-refractivity contribution >= 4 is 0 Å². The van der Waals surface area contributed by atoms with E-state index in [1.165, 1.54) is 44.9 Å². The van der Waals surface area contributed by atoms with Crippen molar-refractivity contribution in [1.82, 2.24) is 0 Å². The van der Waals surface area contributed by atoms with Crippen LogP contribution >= 0.6 is 0 Å². The lowest BCUT2D eigenvalue weighted by molar-refractivity contribution is -0.273. The molecule has 2 aliphatic heterocycles. The van der Waals surface area contributed by atoms with Gasteiger partial charge in [-0.15, -0.1) is 0 Å². The molecule has 6 aliphatic rings. The molecule has 12 atom stereocenters. The molecule has 0 radical (unpaired) electrons. The van der Waals surface area contributed by atoms with Crippen LogP contribution in [0.3, 0.4) is 0 Å². The summed E-state index contributed by atoms with van der Waals surface area (Å²) in [5.74, 6) is 4.93. The van der Waals surface area contributed by atoms with Crippen molar-refractivity contribution in [2.45, 2.75) is 110 Å². The predicted octanol–water partition coefficient (Wildman–Crippen LogP) is 5.79. The molecular formula is C27H44O3. The van der Waals surface area contributed by atoms with Crippen molar-refractivity contribution in [3.05, 3.63) is 0 Å². The largest absolute Gasteiger partial charge is 0.393 e. The fourth-order valence-corrected chi connectivity index (χ4v) is 10.3. The maximum absolute atomic E-state index is 10.3. The predicted molar refractivity (Wildman–Crippen MR) is 118 cm³/mol. The van der Waals surface area contributed by atoms with Gasteiger partial charge in [0.1, 0.15) is 0 Å². The average molecular weight is 417 g/mol. The van der Waals surface area contributed by atoms with Gasteiger partial charge < -0.3 is 14.6 Å². The zero-order valence-electron chi connectivity index (χ0n) is 19.7. The monoisotopic (exact) mass is 416 g/mol. The van der Waals surface area contributed by atoms with Gasteiger partial charge in [0.2, 0.25) is 0 Å². The maximum Gasteiger partial charge on any atom is 0.171 e.